The zero-order chi connectivity index (χ0) is 11.4. The largest absolute Gasteiger partial charge is 0.381 e. The number of aryl methyl sites for hydroxylation is 2. The third kappa shape index (κ3) is 3.24. The van der Waals surface area contributed by atoms with Crippen molar-refractivity contribution in [3.8, 4) is 0 Å². The molecule has 2 nitrogen and oxygen atoms in total. The Morgan fingerprint density at radius 1 is 1.20 bits per heavy atom. The number of nitrogens with one attached hydrogen (secondary N) is 1. The standard InChI is InChI=1S/C13H22N2/c1-9(2)13(8-14)15-12-6-5-10(3)11(4)7-12/h5-7,9,13,15H,8,14H2,1-4H3. The minimum atomic E-state index is 0.354. The van der Waals surface area contributed by atoms with Crippen molar-refractivity contribution in [1.82, 2.24) is 0 Å². The van der Waals surface area contributed by atoms with Crippen LogP contribution in [0.1, 0.15) is 25.0 Å². The van der Waals surface area contributed by atoms with E-state index < -0.39 is 0 Å². The first-order chi connectivity index (χ1) is 7.04. The zero-order valence-electron chi connectivity index (χ0n) is 10.2. The molecule has 1 aromatic rings. The van der Waals surface area contributed by atoms with Gasteiger partial charge in [-0.15, -0.1) is 0 Å². The first-order valence-corrected chi connectivity index (χ1v) is 5.58. The number of benzene rings is 1. The molecular formula is C13H22N2. The number of hydrogen-bond donors (Lipinski definition) is 2. The van der Waals surface area contributed by atoms with Crippen molar-refractivity contribution in [1.29, 1.82) is 0 Å². The molecular weight excluding hydrogens is 184 g/mol. The molecule has 3 N–H and O–H groups in total. The van der Waals surface area contributed by atoms with Gasteiger partial charge in [0.2, 0.25) is 0 Å². The Balaban J connectivity index is 2.75. The molecule has 0 aromatic heterocycles. The quantitative estimate of drug-likeness (QED) is 0.795. The van der Waals surface area contributed by atoms with Crippen LogP contribution in [-0.4, -0.2) is 12.6 Å². The minimum absolute atomic E-state index is 0.354. The summed E-state index contributed by atoms with van der Waals surface area (Å²) in [7, 11) is 0. The second kappa shape index (κ2) is 5.17. The summed E-state index contributed by atoms with van der Waals surface area (Å²) in [6.45, 7) is 9.30. The Morgan fingerprint density at radius 3 is 2.33 bits per heavy atom. The van der Waals surface area contributed by atoms with E-state index in [2.05, 4.69) is 51.2 Å². The summed E-state index contributed by atoms with van der Waals surface area (Å²) in [5.41, 5.74) is 9.54. The summed E-state index contributed by atoms with van der Waals surface area (Å²) >= 11 is 0. The average Bonchev–Trinajstić information content (AvgIpc) is 2.19. The molecule has 0 spiro atoms. The second-order valence-corrected chi connectivity index (χ2v) is 4.53. The van der Waals surface area contributed by atoms with Gasteiger partial charge in [-0.3, -0.25) is 0 Å². The van der Waals surface area contributed by atoms with Crippen molar-refractivity contribution >= 4 is 5.69 Å². The molecule has 0 radical (unpaired) electrons. The fraction of sp³-hybridized carbons (Fsp3) is 0.538. The molecule has 15 heavy (non-hydrogen) atoms. The van der Waals surface area contributed by atoms with Crippen LogP contribution < -0.4 is 11.1 Å². The molecule has 0 aliphatic rings. The van der Waals surface area contributed by atoms with E-state index in [1.54, 1.807) is 0 Å². The normalized spacial score (nSPS) is 12.9. The number of rotatable bonds is 4. The molecule has 1 unspecified atom stereocenters. The lowest BCUT2D eigenvalue weighted by atomic mass is 10.0. The highest BCUT2D eigenvalue weighted by Gasteiger charge is 2.10. The number of hydrogen-bond acceptors (Lipinski definition) is 2. The fourth-order valence-corrected chi connectivity index (χ4v) is 1.54. The summed E-state index contributed by atoms with van der Waals surface area (Å²) < 4.78 is 0. The summed E-state index contributed by atoms with van der Waals surface area (Å²) in [6.07, 6.45) is 0. The summed E-state index contributed by atoms with van der Waals surface area (Å²) in [5, 5.41) is 3.47. The van der Waals surface area contributed by atoms with Crippen LogP contribution in [0.25, 0.3) is 0 Å². The van der Waals surface area contributed by atoms with Crippen LogP contribution in [0.2, 0.25) is 0 Å². The lowest BCUT2D eigenvalue weighted by molar-refractivity contribution is 0.531. The Bertz CT molecular complexity index is 318. The predicted octanol–water partition coefficient (Wildman–Crippen LogP) is 2.70. The van der Waals surface area contributed by atoms with Gasteiger partial charge in [0.05, 0.1) is 0 Å². The van der Waals surface area contributed by atoms with Gasteiger partial charge in [0.15, 0.2) is 0 Å². The van der Waals surface area contributed by atoms with Crippen molar-refractivity contribution in [2.24, 2.45) is 11.7 Å². The van der Waals surface area contributed by atoms with Gasteiger partial charge >= 0.3 is 0 Å². The maximum atomic E-state index is 5.73. The van der Waals surface area contributed by atoms with Crippen molar-refractivity contribution in [2.75, 3.05) is 11.9 Å². The van der Waals surface area contributed by atoms with E-state index in [-0.39, 0.29) is 0 Å². The van der Waals surface area contributed by atoms with Gasteiger partial charge in [-0.05, 0) is 43.0 Å². The van der Waals surface area contributed by atoms with Crippen LogP contribution in [0.3, 0.4) is 0 Å². The smallest absolute Gasteiger partial charge is 0.0406 e. The van der Waals surface area contributed by atoms with Gasteiger partial charge in [-0.1, -0.05) is 19.9 Å². The van der Waals surface area contributed by atoms with E-state index in [1.165, 1.54) is 16.8 Å². The highest BCUT2D eigenvalue weighted by atomic mass is 14.9. The van der Waals surface area contributed by atoms with Gasteiger partial charge < -0.3 is 11.1 Å². The predicted molar refractivity (Wildman–Crippen MR) is 67.2 cm³/mol. The molecule has 0 saturated carbocycles. The molecule has 0 heterocycles. The summed E-state index contributed by atoms with van der Waals surface area (Å²) in [6, 6.07) is 6.80. The Labute approximate surface area is 92.9 Å². The van der Waals surface area contributed by atoms with Gasteiger partial charge in [0, 0.05) is 18.3 Å². The molecule has 0 bridgehead atoms. The Hall–Kier alpha value is -1.02. The third-order valence-corrected chi connectivity index (χ3v) is 2.92. The molecule has 0 fully saturated rings. The summed E-state index contributed by atoms with van der Waals surface area (Å²) in [4.78, 5) is 0. The van der Waals surface area contributed by atoms with Crippen molar-refractivity contribution < 1.29 is 0 Å². The SMILES string of the molecule is Cc1ccc(NC(CN)C(C)C)cc1C. The van der Waals surface area contributed by atoms with Crippen molar-refractivity contribution in [3.05, 3.63) is 29.3 Å². The van der Waals surface area contributed by atoms with Crippen LogP contribution in [-0.2, 0) is 0 Å². The molecule has 1 atom stereocenters. The Morgan fingerprint density at radius 2 is 1.87 bits per heavy atom. The van der Waals surface area contributed by atoms with E-state index in [1.807, 2.05) is 0 Å². The maximum absolute atomic E-state index is 5.73. The van der Waals surface area contributed by atoms with E-state index in [0.717, 1.165) is 0 Å². The molecule has 0 amide bonds. The van der Waals surface area contributed by atoms with E-state index in [4.69, 9.17) is 5.73 Å². The number of nitrogens with two attached hydrogens (primary N) is 1. The highest BCUT2D eigenvalue weighted by molar-refractivity contribution is 5.48. The highest BCUT2D eigenvalue weighted by Crippen LogP contribution is 2.16. The lowest BCUT2D eigenvalue weighted by Crippen LogP contribution is -2.33. The fourth-order valence-electron chi connectivity index (χ4n) is 1.54. The van der Waals surface area contributed by atoms with Gasteiger partial charge in [0.1, 0.15) is 0 Å². The van der Waals surface area contributed by atoms with Crippen LogP contribution >= 0.6 is 0 Å². The molecule has 1 rings (SSSR count). The minimum Gasteiger partial charge on any atom is -0.381 e. The molecule has 84 valence electrons. The molecule has 2 heteroatoms. The molecule has 0 aliphatic heterocycles. The average molecular weight is 206 g/mol. The lowest BCUT2D eigenvalue weighted by Gasteiger charge is -2.22. The zero-order valence-corrected chi connectivity index (χ0v) is 10.2. The Kier molecular flexibility index (Phi) is 4.15. The van der Waals surface area contributed by atoms with Crippen LogP contribution in [0.4, 0.5) is 5.69 Å². The van der Waals surface area contributed by atoms with E-state index in [0.29, 0.717) is 18.5 Å². The first-order valence-electron chi connectivity index (χ1n) is 5.58. The van der Waals surface area contributed by atoms with Crippen molar-refractivity contribution in [2.45, 2.75) is 33.7 Å². The summed E-state index contributed by atoms with van der Waals surface area (Å²) in [5.74, 6) is 0.552. The van der Waals surface area contributed by atoms with Crippen LogP contribution in [0, 0.1) is 19.8 Å². The van der Waals surface area contributed by atoms with E-state index >= 15 is 0 Å². The maximum Gasteiger partial charge on any atom is 0.0406 e. The van der Waals surface area contributed by atoms with Crippen LogP contribution in [0.15, 0.2) is 18.2 Å². The topological polar surface area (TPSA) is 38.0 Å². The first kappa shape index (κ1) is 12.1. The molecule has 0 aliphatic carbocycles. The molecule has 0 saturated heterocycles. The van der Waals surface area contributed by atoms with Crippen LogP contribution in [0.5, 0.6) is 0 Å². The number of anilines is 1. The van der Waals surface area contributed by atoms with Gasteiger partial charge in [0.25, 0.3) is 0 Å². The van der Waals surface area contributed by atoms with Gasteiger partial charge in [-0.2, -0.15) is 0 Å². The second-order valence-electron chi connectivity index (χ2n) is 4.53. The monoisotopic (exact) mass is 206 g/mol. The van der Waals surface area contributed by atoms with E-state index in [9.17, 15) is 0 Å². The third-order valence-electron chi connectivity index (χ3n) is 2.92. The van der Waals surface area contributed by atoms with Gasteiger partial charge in [-0.25, -0.2) is 0 Å². The van der Waals surface area contributed by atoms with Crippen molar-refractivity contribution in [3.63, 3.8) is 0 Å². The molecule has 1 aromatic carbocycles.